The first-order valence-electron chi connectivity index (χ1n) is 6.86. The van der Waals surface area contributed by atoms with Crippen LogP contribution in [0.15, 0.2) is 0 Å². The predicted molar refractivity (Wildman–Crippen MR) is 79.4 cm³/mol. The minimum atomic E-state index is -0.600. The predicted octanol–water partition coefficient (Wildman–Crippen LogP) is 2.78. The van der Waals surface area contributed by atoms with Crippen LogP contribution in [-0.2, 0) is 4.79 Å². The molecule has 0 aromatic carbocycles. The summed E-state index contributed by atoms with van der Waals surface area (Å²) in [5.74, 6) is 0.0341. The number of hydrogen-bond donors (Lipinski definition) is 2. The number of thiocarbonyl (C=S) groups is 1. The number of amides is 1. The molecule has 1 saturated carbocycles. The van der Waals surface area contributed by atoms with Crippen molar-refractivity contribution in [3.05, 3.63) is 0 Å². The van der Waals surface area contributed by atoms with Gasteiger partial charge in [-0.1, -0.05) is 58.7 Å². The summed E-state index contributed by atoms with van der Waals surface area (Å²) in [6.45, 7) is 6.98. The van der Waals surface area contributed by atoms with Gasteiger partial charge in [0.05, 0.1) is 10.4 Å². The lowest BCUT2D eigenvalue weighted by molar-refractivity contribution is -0.128. The van der Waals surface area contributed by atoms with Crippen molar-refractivity contribution in [1.82, 2.24) is 5.32 Å². The van der Waals surface area contributed by atoms with Crippen molar-refractivity contribution in [3.63, 3.8) is 0 Å². The third-order valence-electron chi connectivity index (χ3n) is 3.64. The Kier molecular flexibility index (Phi) is 5.14. The Morgan fingerprint density at radius 3 is 2.11 bits per heavy atom. The van der Waals surface area contributed by atoms with Crippen LogP contribution >= 0.6 is 12.2 Å². The summed E-state index contributed by atoms with van der Waals surface area (Å²) in [4.78, 5) is 12.9. The van der Waals surface area contributed by atoms with Crippen molar-refractivity contribution >= 4 is 23.1 Å². The number of nitrogens with two attached hydrogens (primary N) is 1. The van der Waals surface area contributed by atoms with Gasteiger partial charge in [0.2, 0.25) is 5.91 Å². The lowest BCUT2D eigenvalue weighted by atomic mass is 9.79. The molecule has 0 aromatic rings. The van der Waals surface area contributed by atoms with Crippen LogP contribution in [0.3, 0.4) is 0 Å². The zero-order valence-corrected chi connectivity index (χ0v) is 12.7. The maximum absolute atomic E-state index is 12.5. The van der Waals surface area contributed by atoms with Crippen molar-refractivity contribution in [2.24, 2.45) is 16.6 Å². The lowest BCUT2D eigenvalue weighted by Crippen LogP contribution is -2.50. The highest BCUT2D eigenvalue weighted by atomic mass is 32.1. The Morgan fingerprint density at radius 1 is 1.22 bits per heavy atom. The summed E-state index contributed by atoms with van der Waals surface area (Å²) in [7, 11) is 0. The molecule has 1 rings (SSSR count). The quantitative estimate of drug-likeness (QED) is 0.612. The summed E-state index contributed by atoms with van der Waals surface area (Å²) < 4.78 is 0. The van der Waals surface area contributed by atoms with Gasteiger partial charge in [0.25, 0.3) is 0 Å². The van der Waals surface area contributed by atoms with E-state index in [-0.39, 0.29) is 11.3 Å². The molecule has 1 aliphatic carbocycles. The summed E-state index contributed by atoms with van der Waals surface area (Å²) in [6, 6.07) is 0. The molecule has 0 aromatic heterocycles. The van der Waals surface area contributed by atoms with E-state index in [1.54, 1.807) is 0 Å². The molecule has 4 heteroatoms. The van der Waals surface area contributed by atoms with Gasteiger partial charge in [0, 0.05) is 6.54 Å². The van der Waals surface area contributed by atoms with Gasteiger partial charge >= 0.3 is 0 Å². The van der Waals surface area contributed by atoms with Crippen LogP contribution in [0.4, 0.5) is 0 Å². The molecule has 1 amide bonds. The van der Waals surface area contributed by atoms with E-state index in [4.69, 9.17) is 18.0 Å². The highest BCUT2D eigenvalue weighted by Crippen LogP contribution is 2.36. The molecule has 1 aliphatic rings. The number of rotatable bonds is 3. The fraction of sp³-hybridized carbons (Fsp3) is 0.857. The Balaban J connectivity index is 2.77. The van der Waals surface area contributed by atoms with Crippen LogP contribution in [0.1, 0.15) is 59.3 Å². The minimum Gasteiger partial charge on any atom is -0.392 e. The smallest absolute Gasteiger partial charge is 0.233 e. The van der Waals surface area contributed by atoms with Crippen molar-refractivity contribution in [1.29, 1.82) is 0 Å². The first kappa shape index (κ1) is 15.4. The second-order valence-corrected chi connectivity index (χ2v) is 7.04. The summed E-state index contributed by atoms with van der Waals surface area (Å²) in [5, 5.41) is 3.04. The zero-order chi connectivity index (χ0) is 13.8. The molecule has 3 nitrogen and oxygen atoms in total. The second-order valence-electron chi connectivity index (χ2n) is 6.60. The van der Waals surface area contributed by atoms with Gasteiger partial charge in [0.15, 0.2) is 0 Å². The van der Waals surface area contributed by atoms with Crippen LogP contribution < -0.4 is 11.1 Å². The maximum Gasteiger partial charge on any atom is 0.233 e. The van der Waals surface area contributed by atoms with E-state index in [0.29, 0.717) is 11.5 Å². The van der Waals surface area contributed by atoms with E-state index < -0.39 is 5.41 Å². The molecule has 0 spiro atoms. The van der Waals surface area contributed by atoms with E-state index in [1.807, 2.05) is 0 Å². The van der Waals surface area contributed by atoms with Crippen LogP contribution in [0, 0.1) is 10.8 Å². The third kappa shape index (κ3) is 3.94. The molecular formula is C14H26N2OS. The first-order chi connectivity index (χ1) is 8.28. The highest BCUT2D eigenvalue weighted by Gasteiger charge is 2.41. The number of hydrogen-bond acceptors (Lipinski definition) is 2. The molecule has 0 aliphatic heterocycles. The molecule has 0 bridgehead atoms. The van der Waals surface area contributed by atoms with Gasteiger partial charge < -0.3 is 11.1 Å². The second kappa shape index (κ2) is 6.00. The van der Waals surface area contributed by atoms with Gasteiger partial charge in [0.1, 0.15) is 0 Å². The summed E-state index contributed by atoms with van der Waals surface area (Å²) in [6.07, 6.45) is 6.05. The topological polar surface area (TPSA) is 55.1 Å². The summed E-state index contributed by atoms with van der Waals surface area (Å²) in [5.41, 5.74) is 5.36. The molecule has 0 atom stereocenters. The van der Waals surface area contributed by atoms with E-state index >= 15 is 0 Å². The van der Waals surface area contributed by atoms with Crippen molar-refractivity contribution in [2.75, 3.05) is 6.54 Å². The standard InChI is InChI=1S/C14H26N2OS/c1-13(2,3)10-16-12(17)14(11(15)18)8-6-4-5-7-9-14/h4-10H2,1-3H3,(H2,15,18)(H,16,17). The Hall–Kier alpha value is -0.640. The Labute approximate surface area is 116 Å². The average Bonchev–Trinajstić information content (AvgIpc) is 2.51. The van der Waals surface area contributed by atoms with Gasteiger partial charge in [-0.15, -0.1) is 0 Å². The molecule has 0 heterocycles. The normalized spacial score (nSPS) is 19.9. The zero-order valence-electron chi connectivity index (χ0n) is 11.8. The van der Waals surface area contributed by atoms with Crippen molar-refractivity contribution < 1.29 is 4.79 Å². The fourth-order valence-corrected chi connectivity index (χ4v) is 2.73. The van der Waals surface area contributed by atoms with Crippen molar-refractivity contribution in [2.45, 2.75) is 59.3 Å². The molecule has 104 valence electrons. The third-order valence-corrected chi connectivity index (χ3v) is 4.03. The number of nitrogens with one attached hydrogen (secondary N) is 1. The molecule has 18 heavy (non-hydrogen) atoms. The molecule has 1 fully saturated rings. The Bertz CT molecular complexity index is 312. The molecular weight excluding hydrogens is 244 g/mol. The largest absolute Gasteiger partial charge is 0.392 e. The molecule has 0 unspecified atom stereocenters. The first-order valence-corrected chi connectivity index (χ1v) is 7.27. The molecule has 0 radical (unpaired) electrons. The number of carbonyl (C=O) groups excluding carboxylic acids is 1. The van der Waals surface area contributed by atoms with Crippen LogP contribution in [0.5, 0.6) is 0 Å². The van der Waals surface area contributed by atoms with E-state index in [9.17, 15) is 4.79 Å². The van der Waals surface area contributed by atoms with E-state index in [1.165, 1.54) is 12.8 Å². The fourth-order valence-electron chi connectivity index (χ4n) is 2.43. The molecule has 3 N–H and O–H groups in total. The van der Waals surface area contributed by atoms with Gasteiger partial charge in [-0.2, -0.15) is 0 Å². The average molecular weight is 270 g/mol. The van der Waals surface area contributed by atoms with Gasteiger partial charge in [-0.05, 0) is 18.3 Å². The van der Waals surface area contributed by atoms with Gasteiger partial charge in [-0.3, -0.25) is 4.79 Å². The van der Waals surface area contributed by atoms with Crippen LogP contribution in [0.25, 0.3) is 0 Å². The summed E-state index contributed by atoms with van der Waals surface area (Å²) >= 11 is 5.19. The van der Waals surface area contributed by atoms with E-state index in [2.05, 4.69) is 26.1 Å². The van der Waals surface area contributed by atoms with E-state index in [0.717, 1.165) is 25.7 Å². The van der Waals surface area contributed by atoms with Crippen LogP contribution in [-0.4, -0.2) is 17.4 Å². The lowest BCUT2D eigenvalue weighted by Gasteiger charge is -2.31. The van der Waals surface area contributed by atoms with Crippen LogP contribution in [0.2, 0.25) is 0 Å². The van der Waals surface area contributed by atoms with Gasteiger partial charge in [-0.25, -0.2) is 0 Å². The van der Waals surface area contributed by atoms with Crippen molar-refractivity contribution in [3.8, 4) is 0 Å². The maximum atomic E-state index is 12.5. The Morgan fingerprint density at radius 2 is 1.72 bits per heavy atom. The monoisotopic (exact) mass is 270 g/mol. The number of carbonyl (C=O) groups is 1. The SMILES string of the molecule is CC(C)(C)CNC(=O)C1(C(N)=S)CCCCCC1. The highest BCUT2D eigenvalue weighted by molar-refractivity contribution is 7.80. The minimum absolute atomic E-state index is 0.0341. The molecule has 0 saturated heterocycles.